The van der Waals surface area contributed by atoms with Gasteiger partial charge < -0.3 is 0 Å². The Morgan fingerprint density at radius 3 is 1.93 bits per heavy atom. The Labute approximate surface area is 90.5 Å². The Bertz CT molecular complexity index is 138. The zero-order valence-corrected chi connectivity index (χ0v) is 10.4. The topological polar surface area (TPSA) is 0 Å². The molecule has 0 amide bonds. The van der Waals surface area contributed by atoms with Gasteiger partial charge in [0.1, 0.15) is 0 Å². The molecular weight excluding hydrogens is 168 g/mol. The predicted molar refractivity (Wildman–Crippen MR) is 64.5 cm³/mol. The van der Waals surface area contributed by atoms with E-state index in [1.807, 2.05) is 0 Å². The molecule has 1 rings (SSSR count). The fraction of sp³-hybridized carbons (Fsp3) is 1.00. The van der Waals surface area contributed by atoms with Crippen molar-refractivity contribution in [3.8, 4) is 0 Å². The molecule has 0 spiro atoms. The van der Waals surface area contributed by atoms with Crippen LogP contribution in [0.1, 0.15) is 78.6 Å². The van der Waals surface area contributed by atoms with Crippen LogP contribution >= 0.6 is 0 Å². The van der Waals surface area contributed by atoms with Crippen molar-refractivity contribution < 1.29 is 0 Å². The third-order valence-corrected chi connectivity index (χ3v) is 3.89. The van der Waals surface area contributed by atoms with Gasteiger partial charge in [0.05, 0.1) is 0 Å². The largest absolute Gasteiger partial charge is 0.0628 e. The van der Waals surface area contributed by atoms with E-state index in [0.29, 0.717) is 5.41 Å². The third-order valence-electron chi connectivity index (χ3n) is 3.89. The fourth-order valence-corrected chi connectivity index (χ4v) is 2.65. The second kappa shape index (κ2) is 5.78. The monoisotopic (exact) mass is 196 g/mol. The van der Waals surface area contributed by atoms with Crippen LogP contribution in [0.4, 0.5) is 0 Å². The van der Waals surface area contributed by atoms with Crippen molar-refractivity contribution in [3.63, 3.8) is 0 Å². The highest BCUT2D eigenvalue weighted by Crippen LogP contribution is 2.38. The maximum Gasteiger partial charge on any atom is -0.0326 e. The second-order valence-electron chi connectivity index (χ2n) is 6.01. The Kier molecular flexibility index (Phi) is 4.98. The molecule has 0 N–H and O–H groups in total. The molecule has 0 unspecified atom stereocenters. The van der Waals surface area contributed by atoms with Crippen LogP contribution in [-0.4, -0.2) is 0 Å². The van der Waals surface area contributed by atoms with Crippen LogP contribution in [0.5, 0.6) is 0 Å². The van der Waals surface area contributed by atoms with Gasteiger partial charge in [0.15, 0.2) is 0 Å². The average molecular weight is 196 g/mol. The predicted octanol–water partition coefficient (Wildman–Crippen LogP) is 5.17. The van der Waals surface area contributed by atoms with E-state index in [0.717, 1.165) is 5.92 Å². The van der Waals surface area contributed by atoms with Crippen LogP contribution in [-0.2, 0) is 0 Å². The molecule has 1 fully saturated rings. The maximum atomic E-state index is 2.53. The van der Waals surface area contributed by atoms with Crippen LogP contribution in [0.3, 0.4) is 0 Å². The Morgan fingerprint density at radius 2 is 1.43 bits per heavy atom. The fourth-order valence-electron chi connectivity index (χ4n) is 2.65. The van der Waals surface area contributed by atoms with Gasteiger partial charge in [0.25, 0.3) is 0 Å². The van der Waals surface area contributed by atoms with Gasteiger partial charge in [-0.3, -0.25) is 0 Å². The molecule has 1 aliphatic rings. The summed E-state index contributed by atoms with van der Waals surface area (Å²) >= 11 is 0. The molecule has 0 heteroatoms. The molecule has 0 aromatic heterocycles. The third kappa shape index (κ3) is 4.48. The van der Waals surface area contributed by atoms with E-state index in [1.165, 1.54) is 57.8 Å². The molecule has 0 saturated heterocycles. The van der Waals surface area contributed by atoms with E-state index in [1.54, 1.807) is 0 Å². The smallest absolute Gasteiger partial charge is 0.0326 e. The lowest BCUT2D eigenvalue weighted by Crippen LogP contribution is -2.18. The lowest BCUT2D eigenvalue weighted by molar-refractivity contribution is 0.204. The van der Waals surface area contributed by atoms with E-state index < -0.39 is 0 Å². The average Bonchev–Trinajstić information content (AvgIpc) is 2.09. The summed E-state index contributed by atoms with van der Waals surface area (Å²) < 4.78 is 0. The lowest BCUT2D eigenvalue weighted by atomic mass is 9.74. The van der Waals surface area contributed by atoms with E-state index >= 15 is 0 Å². The minimum Gasteiger partial charge on any atom is -0.0628 e. The van der Waals surface area contributed by atoms with Crippen LogP contribution in [0.15, 0.2) is 0 Å². The zero-order valence-electron chi connectivity index (χ0n) is 10.4. The summed E-state index contributed by atoms with van der Waals surface area (Å²) in [6, 6.07) is 0. The molecule has 0 atom stereocenters. The van der Waals surface area contributed by atoms with Gasteiger partial charge in [-0.05, 0) is 30.6 Å². The normalized spacial score (nSPS) is 23.1. The first-order valence-corrected chi connectivity index (χ1v) is 6.62. The summed E-state index contributed by atoms with van der Waals surface area (Å²) in [5.74, 6) is 0.886. The van der Waals surface area contributed by atoms with Crippen molar-refractivity contribution in [3.05, 3.63) is 0 Å². The zero-order chi connectivity index (χ0) is 10.4. The van der Waals surface area contributed by atoms with Gasteiger partial charge in [-0.1, -0.05) is 59.3 Å². The molecule has 1 saturated carbocycles. The van der Waals surface area contributed by atoms with Gasteiger partial charge in [0, 0.05) is 0 Å². The van der Waals surface area contributed by atoms with Gasteiger partial charge in [-0.2, -0.15) is 0 Å². The van der Waals surface area contributed by atoms with E-state index in [9.17, 15) is 0 Å². The first-order valence-electron chi connectivity index (χ1n) is 6.62. The molecular formula is C14H28. The number of hydrogen-bond acceptors (Lipinski definition) is 0. The highest BCUT2D eigenvalue weighted by atomic mass is 14.3. The van der Waals surface area contributed by atoms with Gasteiger partial charge >= 0.3 is 0 Å². The summed E-state index contributed by atoms with van der Waals surface area (Å²) in [6.45, 7) is 7.24. The maximum absolute atomic E-state index is 2.53. The molecule has 0 bridgehead atoms. The minimum absolute atomic E-state index is 0.685. The van der Waals surface area contributed by atoms with Crippen molar-refractivity contribution >= 4 is 0 Å². The van der Waals surface area contributed by atoms with E-state index in [4.69, 9.17) is 0 Å². The van der Waals surface area contributed by atoms with E-state index in [2.05, 4.69) is 20.8 Å². The molecule has 0 aliphatic heterocycles. The van der Waals surface area contributed by atoms with Gasteiger partial charge in [-0.25, -0.2) is 0 Å². The molecule has 14 heavy (non-hydrogen) atoms. The summed E-state index contributed by atoms with van der Waals surface area (Å²) in [5, 5.41) is 0. The minimum atomic E-state index is 0.685. The van der Waals surface area contributed by atoms with Crippen molar-refractivity contribution in [1.82, 2.24) is 0 Å². The standard InChI is InChI=1S/C14H28/c1-13(2)9-12-14(3)10-7-5-4-6-8-11-14/h13H,4-12H2,1-3H3. The van der Waals surface area contributed by atoms with Crippen LogP contribution in [0, 0.1) is 11.3 Å². The first-order chi connectivity index (χ1) is 6.62. The van der Waals surface area contributed by atoms with Gasteiger partial charge in [0.2, 0.25) is 0 Å². The van der Waals surface area contributed by atoms with Crippen molar-refractivity contribution in [1.29, 1.82) is 0 Å². The summed E-state index contributed by atoms with van der Waals surface area (Å²) in [7, 11) is 0. The molecule has 0 aromatic carbocycles. The number of rotatable bonds is 3. The summed E-state index contributed by atoms with van der Waals surface area (Å²) in [4.78, 5) is 0. The molecule has 0 heterocycles. The van der Waals surface area contributed by atoms with Crippen molar-refractivity contribution in [2.24, 2.45) is 11.3 Å². The van der Waals surface area contributed by atoms with Crippen molar-refractivity contribution in [2.75, 3.05) is 0 Å². The van der Waals surface area contributed by atoms with Crippen LogP contribution in [0.25, 0.3) is 0 Å². The highest BCUT2D eigenvalue weighted by Gasteiger charge is 2.24. The molecule has 0 radical (unpaired) electrons. The van der Waals surface area contributed by atoms with E-state index in [-0.39, 0.29) is 0 Å². The Morgan fingerprint density at radius 1 is 0.929 bits per heavy atom. The summed E-state index contributed by atoms with van der Waals surface area (Å²) in [5.41, 5.74) is 0.685. The van der Waals surface area contributed by atoms with Crippen LogP contribution < -0.4 is 0 Å². The van der Waals surface area contributed by atoms with Crippen molar-refractivity contribution in [2.45, 2.75) is 78.6 Å². The molecule has 84 valence electrons. The Hall–Kier alpha value is 0. The highest BCUT2D eigenvalue weighted by molar-refractivity contribution is 4.76. The molecule has 1 aliphatic carbocycles. The summed E-state index contributed by atoms with van der Waals surface area (Å²) in [6.07, 6.45) is 13.3. The Balaban J connectivity index is 2.34. The van der Waals surface area contributed by atoms with Crippen LogP contribution in [0.2, 0.25) is 0 Å². The number of hydrogen-bond donors (Lipinski definition) is 0. The lowest BCUT2D eigenvalue weighted by Gasteiger charge is -2.32. The quantitative estimate of drug-likeness (QED) is 0.584. The van der Waals surface area contributed by atoms with Gasteiger partial charge in [-0.15, -0.1) is 0 Å². The SMILES string of the molecule is CC(C)CCC1(C)CCCCCCC1. The molecule has 0 nitrogen and oxygen atoms in total. The first kappa shape index (κ1) is 12.1. The second-order valence-corrected chi connectivity index (χ2v) is 6.01. The molecule has 0 aromatic rings.